The lowest BCUT2D eigenvalue weighted by molar-refractivity contribution is 0.0657. The van der Waals surface area contributed by atoms with Gasteiger partial charge in [-0.1, -0.05) is 78.0 Å². The number of allylic oxidation sites excluding steroid dienone is 2. The number of anilines is 1. The van der Waals surface area contributed by atoms with Crippen LogP contribution in [0.25, 0.3) is 0 Å². The molecule has 2 unspecified atom stereocenters. The molecule has 0 aromatic heterocycles. The van der Waals surface area contributed by atoms with E-state index in [2.05, 4.69) is 77.8 Å². The normalized spacial score (nSPS) is 22.1. The molecule has 1 aromatic rings. The molecule has 2 rings (SSSR count). The fraction of sp³-hybridized carbons (Fsp3) is 0.444. The first-order valence-electron chi connectivity index (χ1n) is 10.7. The van der Waals surface area contributed by atoms with Crippen molar-refractivity contribution in [3.05, 3.63) is 73.4 Å². The summed E-state index contributed by atoms with van der Waals surface area (Å²) in [7, 11) is 0. The maximum absolute atomic E-state index is 11.0. The molecule has 1 N–H and O–H groups in total. The van der Waals surface area contributed by atoms with Crippen molar-refractivity contribution in [1.29, 1.82) is 0 Å². The van der Waals surface area contributed by atoms with Crippen LogP contribution in [-0.2, 0) is 0 Å². The standard InChI is InChI=1S/C27H38N2O/c1-9-16-29(17-10-2)23-13-11-12-22(18-23)28-20-27(26(6,7)8)19-21(25(3,4)5)14-15-24(27)30/h9-15,18-20,24,30H,1-2,16-17H2,3-8H3. The van der Waals surface area contributed by atoms with E-state index in [0.29, 0.717) is 0 Å². The molecule has 0 bridgehead atoms. The molecule has 162 valence electrons. The summed E-state index contributed by atoms with van der Waals surface area (Å²) in [6.07, 6.45) is 11.3. The Balaban J connectivity index is 2.49. The van der Waals surface area contributed by atoms with Gasteiger partial charge in [0.25, 0.3) is 0 Å². The van der Waals surface area contributed by atoms with Crippen LogP contribution in [0, 0.1) is 16.2 Å². The van der Waals surface area contributed by atoms with Crippen molar-refractivity contribution in [2.75, 3.05) is 18.0 Å². The Kier molecular flexibility index (Phi) is 7.31. The second-order valence-electron chi connectivity index (χ2n) is 10.1. The van der Waals surface area contributed by atoms with Crippen LogP contribution in [0.2, 0.25) is 0 Å². The Morgan fingerprint density at radius 3 is 2.27 bits per heavy atom. The molecule has 3 heteroatoms. The highest BCUT2D eigenvalue weighted by molar-refractivity contribution is 5.76. The zero-order valence-electron chi connectivity index (χ0n) is 19.5. The van der Waals surface area contributed by atoms with Gasteiger partial charge in [-0.15, -0.1) is 13.2 Å². The summed E-state index contributed by atoms with van der Waals surface area (Å²) < 4.78 is 0. The molecule has 0 aliphatic heterocycles. The van der Waals surface area contributed by atoms with Gasteiger partial charge in [0.1, 0.15) is 0 Å². The number of aliphatic hydroxyl groups excluding tert-OH is 1. The maximum atomic E-state index is 11.0. The van der Waals surface area contributed by atoms with Crippen LogP contribution in [0.15, 0.2) is 78.4 Å². The molecular formula is C27H38N2O. The molecule has 0 amide bonds. The average Bonchev–Trinajstić information content (AvgIpc) is 2.65. The highest BCUT2D eigenvalue weighted by Gasteiger charge is 2.46. The van der Waals surface area contributed by atoms with E-state index >= 15 is 0 Å². The minimum Gasteiger partial charge on any atom is -0.388 e. The van der Waals surface area contributed by atoms with Gasteiger partial charge in [-0.2, -0.15) is 0 Å². The van der Waals surface area contributed by atoms with Gasteiger partial charge in [0.05, 0.1) is 17.2 Å². The van der Waals surface area contributed by atoms with Gasteiger partial charge < -0.3 is 10.0 Å². The first-order chi connectivity index (χ1) is 13.9. The van der Waals surface area contributed by atoms with Crippen molar-refractivity contribution in [2.45, 2.75) is 47.6 Å². The molecule has 0 spiro atoms. The van der Waals surface area contributed by atoms with Crippen LogP contribution in [0.3, 0.4) is 0 Å². The quantitative estimate of drug-likeness (QED) is 0.414. The summed E-state index contributed by atoms with van der Waals surface area (Å²) in [5, 5.41) is 11.0. The van der Waals surface area contributed by atoms with Gasteiger partial charge in [0.2, 0.25) is 0 Å². The second kappa shape index (κ2) is 9.18. The Labute approximate surface area is 183 Å². The molecule has 1 aliphatic rings. The molecule has 0 heterocycles. The Morgan fingerprint density at radius 2 is 1.73 bits per heavy atom. The van der Waals surface area contributed by atoms with E-state index in [1.54, 1.807) is 0 Å². The summed E-state index contributed by atoms with van der Waals surface area (Å²) in [5.74, 6) is 0. The first kappa shape index (κ1) is 23.9. The van der Waals surface area contributed by atoms with Gasteiger partial charge in [0, 0.05) is 25.0 Å². The van der Waals surface area contributed by atoms with Gasteiger partial charge in [-0.3, -0.25) is 4.99 Å². The lowest BCUT2D eigenvalue weighted by Crippen LogP contribution is -2.47. The van der Waals surface area contributed by atoms with Crippen molar-refractivity contribution in [3.8, 4) is 0 Å². The molecule has 30 heavy (non-hydrogen) atoms. The molecule has 0 fully saturated rings. The van der Waals surface area contributed by atoms with E-state index in [9.17, 15) is 5.11 Å². The predicted octanol–water partition coefficient (Wildman–Crippen LogP) is 6.50. The fourth-order valence-corrected chi connectivity index (χ4v) is 3.73. The van der Waals surface area contributed by atoms with Gasteiger partial charge in [-0.05, 0) is 34.6 Å². The van der Waals surface area contributed by atoms with E-state index in [4.69, 9.17) is 4.99 Å². The van der Waals surface area contributed by atoms with E-state index in [-0.39, 0.29) is 10.8 Å². The smallest absolute Gasteiger partial charge is 0.0869 e. The minimum atomic E-state index is -0.631. The SMILES string of the molecule is C=CCN(CC=C)c1cccc(N=CC2(C(C)(C)C)C=C(C(C)(C)C)C=CC2O)c1. The molecule has 2 atom stereocenters. The van der Waals surface area contributed by atoms with Crippen molar-refractivity contribution in [2.24, 2.45) is 21.2 Å². The highest BCUT2D eigenvalue weighted by atomic mass is 16.3. The first-order valence-corrected chi connectivity index (χ1v) is 10.7. The summed E-state index contributed by atoms with van der Waals surface area (Å²) in [5.41, 5.74) is 2.34. The number of hydrogen-bond donors (Lipinski definition) is 1. The van der Waals surface area contributed by atoms with E-state index in [0.717, 1.165) is 24.5 Å². The van der Waals surface area contributed by atoms with Crippen LogP contribution in [0.4, 0.5) is 11.4 Å². The summed E-state index contributed by atoms with van der Waals surface area (Å²) >= 11 is 0. The van der Waals surface area contributed by atoms with E-state index < -0.39 is 11.5 Å². The van der Waals surface area contributed by atoms with E-state index in [1.807, 2.05) is 42.7 Å². The van der Waals surface area contributed by atoms with Gasteiger partial charge in [-0.25, -0.2) is 0 Å². The fourth-order valence-electron chi connectivity index (χ4n) is 3.73. The lowest BCUT2D eigenvalue weighted by atomic mass is 9.60. The van der Waals surface area contributed by atoms with Crippen LogP contribution in [0.1, 0.15) is 41.5 Å². The number of nitrogens with zero attached hydrogens (tertiary/aromatic N) is 2. The maximum Gasteiger partial charge on any atom is 0.0869 e. The topological polar surface area (TPSA) is 35.8 Å². The average molecular weight is 407 g/mol. The summed E-state index contributed by atoms with van der Waals surface area (Å²) in [6.45, 7) is 22.3. The summed E-state index contributed by atoms with van der Waals surface area (Å²) in [4.78, 5) is 7.05. The predicted molar refractivity (Wildman–Crippen MR) is 132 cm³/mol. The third-order valence-corrected chi connectivity index (χ3v) is 5.83. The number of aliphatic imine (C=N–C) groups is 1. The van der Waals surface area contributed by atoms with Gasteiger partial charge >= 0.3 is 0 Å². The second-order valence-corrected chi connectivity index (χ2v) is 10.1. The van der Waals surface area contributed by atoms with Crippen molar-refractivity contribution in [1.82, 2.24) is 0 Å². The van der Waals surface area contributed by atoms with Crippen LogP contribution >= 0.6 is 0 Å². The number of rotatable bonds is 7. The van der Waals surface area contributed by atoms with Gasteiger partial charge in [0.15, 0.2) is 0 Å². The molecule has 0 saturated carbocycles. The van der Waals surface area contributed by atoms with E-state index in [1.165, 1.54) is 5.57 Å². The molecule has 0 radical (unpaired) electrons. The summed E-state index contributed by atoms with van der Waals surface area (Å²) in [6, 6.07) is 8.15. The zero-order chi connectivity index (χ0) is 22.6. The minimum absolute atomic E-state index is 0.00320. The van der Waals surface area contributed by atoms with Crippen LogP contribution < -0.4 is 4.90 Å². The molecular weight excluding hydrogens is 368 g/mol. The largest absolute Gasteiger partial charge is 0.388 e. The molecule has 0 saturated heterocycles. The highest BCUT2D eigenvalue weighted by Crippen LogP contribution is 2.47. The molecule has 1 aromatic carbocycles. The van der Waals surface area contributed by atoms with Crippen LogP contribution in [-0.4, -0.2) is 30.5 Å². The van der Waals surface area contributed by atoms with Crippen molar-refractivity contribution in [3.63, 3.8) is 0 Å². The number of aliphatic hydroxyl groups is 1. The molecule has 3 nitrogen and oxygen atoms in total. The number of hydrogen-bond acceptors (Lipinski definition) is 3. The lowest BCUT2D eigenvalue weighted by Gasteiger charge is -2.45. The Bertz CT molecular complexity index is 838. The van der Waals surface area contributed by atoms with Crippen LogP contribution in [0.5, 0.6) is 0 Å². The zero-order valence-corrected chi connectivity index (χ0v) is 19.5. The number of benzene rings is 1. The third-order valence-electron chi connectivity index (χ3n) is 5.83. The van der Waals surface area contributed by atoms with Crippen molar-refractivity contribution < 1.29 is 5.11 Å². The third kappa shape index (κ3) is 5.20. The Morgan fingerprint density at radius 1 is 1.10 bits per heavy atom. The monoisotopic (exact) mass is 406 g/mol. The van der Waals surface area contributed by atoms with Crippen molar-refractivity contribution >= 4 is 17.6 Å². The molecule has 1 aliphatic carbocycles. The Hall–Kier alpha value is -2.39.